The van der Waals surface area contributed by atoms with E-state index in [4.69, 9.17) is 0 Å². The molecule has 3 aliphatic rings. The predicted octanol–water partition coefficient (Wildman–Crippen LogP) is 3.99. The largest absolute Gasteiger partial charge is 0.353 e. The van der Waals surface area contributed by atoms with Gasteiger partial charge in [0.2, 0.25) is 21.8 Å². The highest BCUT2D eigenvalue weighted by atomic mass is 79.9. The van der Waals surface area contributed by atoms with E-state index in [-0.39, 0.29) is 35.2 Å². The van der Waals surface area contributed by atoms with E-state index < -0.39 is 10.0 Å². The van der Waals surface area contributed by atoms with Gasteiger partial charge < -0.3 is 10.2 Å². The Morgan fingerprint density at radius 1 is 1.06 bits per heavy atom. The number of rotatable bonds is 5. The lowest BCUT2D eigenvalue weighted by Gasteiger charge is -2.32. The zero-order chi connectivity index (χ0) is 23.6. The molecule has 0 unspecified atom stereocenters. The minimum atomic E-state index is -3.81. The Hall–Kier alpha value is -1.45. The van der Waals surface area contributed by atoms with Gasteiger partial charge in [-0.1, -0.05) is 32.6 Å². The van der Waals surface area contributed by atoms with Gasteiger partial charge in [-0.2, -0.15) is 4.31 Å². The van der Waals surface area contributed by atoms with Gasteiger partial charge in [-0.05, 0) is 65.7 Å². The molecule has 2 fully saturated rings. The number of nitrogens with one attached hydrogen (secondary N) is 1. The number of hydrogen-bond acceptors (Lipinski definition) is 4. The fraction of sp³-hybridized carbons (Fsp3) is 0.667. The smallest absolute Gasteiger partial charge is 0.244 e. The lowest BCUT2D eigenvalue weighted by Crippen LogP contribution is -2.47. The number of piperidine rings is 1. The Morgan fingerprint density at radius 2 is 1.79 bits per heavy atom. The second kappa shape index (κ2) is 10.4. The molecule has 4 rings (SSSR count). The van der Waals surface area contributed by atoms with Crippen molar-refractivity contribution in [1.82, 2.24) is 9.62 Å². The lowest BCUT2D eigenvalue weighted by molar-refractivity contribution is -0.127. The van der Waals surface area contributed by atoms with Gasteiger partial charge in [-0.15, -0.1) is 0 Å². The minimum absolute atomic E-state index is 0.00681. The first-order chi connectivity index (χ1) is 15.8. The van der Waals surface area contributed by atoms with E-state index in [1.165, 1.54) is 17.1 Å². The Balaban J connectivity index is 1.51. The van der Waals surface area contributed by atoms with Crippen LogP contribution in [-0.2, 0) is 26.0 Å². The molecular formula is C24H34BrN3O4S. The van der Waals surface area contributed by atoms with E-state index in [0.717, 1.165) is 31.2 Å². The van der Waals surface area contributed by atoms with Crippen LogP contribution in [0.2, 0.25) is 0 Å². The summed E-state index contributed by atoms with van der Waals surface area (Å²) in [5.41, 5.74) is 1.66. The molecule has 1 aromatic rings. The number of carbonyl (C=O) groups is 2. The first-order valence-electron chi connectivity index (χ1n) is 12.2. The van der Waals surface area contributed by atoms with Crippen LogP contribution in [0.15, 0.2) is 21.5 Å². The van der Waals surface area contributed by atoms with Crippen molar-refractivity contribution in [2.45, 2.75) is 82.1 Å². The maximum Gasteiger partial charge on any atom is 0.244 e. The number of anilines is 1. The Labute approximate surface area is 205 Å². The average Bonchev–Trinajstić information content (AvgIpc) is 3.04. The summed E-state index contributed by atoms with van der Waals surface area (Å²) >= 11 is 3.46. The maximum absolute atomic E-state index is 13.6. The Kier molecular flexibility index (Phi) is 7.80. The van der Waals surface area contributed by atoms with Gasteiger partial charge in [0.05, 0.1) is 10.8 Å². The third-order valence-electron chi connectivity index (χ3n) is 7.21. The number of amides is 2. The van der Waals surface area contributed by atoms with Crippen LogP contribution in [-0.4, -0.2) is 50.2 Å². The minimum Gasteiger partial charge on any atom is -0.353 e. The third-order valence-corrected chi connectivity index (χ3v) is 10.0. The second-order valence-corrected chi connectivity index (χ2v) is 12.2. The molecule has 1 N–H and O–H groups in total. The molecule has 0 aromatic heterocycles. The summed E-state index contributed by atoms with van der Waals surface area (Å²) < 4.78 is 29.2. The first-order valence-corrected chi connectivity index (χ1v) is 14.5. The van der Waals surface area contributed by atoms with Crippen LogP contribution in [0.3, 0.4) is 0 Å². The number of fused-ring (bicyclic) bond motifs is 1. The Morgan fingerprint density at radius 3 is 2.48 bits per heavy atom. The molecule has 2 amide bonds. The van der Waals surface area contributed by atoms with E-state index >= 15 is 0 Å². The highest BCUT2D eigenvalue weighted by molar-refractivity contribution is 9.10. The van der Waals surface area contributed by atoms with Gasteiger partial charge in [-0.3, -0.25) is 9.59 Å². The van der Waals surface area contributed by atoms with Crippen LogP contribution in [0.4, 0.5) is 5.69 Å². The van der Waals surface area contributed by atoms with E-state index in [9.17, 15) is 18.0 Å². The monoisotopic (exact) mass is 539 g/mol. The van der Waals surface area contributed by atoms with Crippen molar-refractivity contribution in [3.63, 3.8) is 0 Å². The molecule has 2 heterocycles. The SMILES string of the molecule is CCC(=O)N1CCc2cc(Br)c(S(=O)(=O)N3CCC[C@H](C(=O)NC4CCCCCC4)C3)cc21. The standard InChI is InChI=1S/C24H34BrN3O4S/c1-2-23(29)28-13-11-17-14-20(25)22(15-21(17)28)33(31,32)27-12-7-8-18(16-27)24(30)26-19-9-5-3-4-6-10-19/h14-15,18-19H,2-13,16H2,1H3,(H,26,30)/t18-/m0/s1. The lowest BCUT2D eigenvalue weighted by atomic mass is 9.97. The molecule has 0 radical (unpaired) electrons. The van der Waals surface area contributed by atoms with Crippen molar-refractivity contribution in [3.8, 4) is 0 Å². The summed E-state index contributed by atoms with van der Waals surface area (Å²) in [6.07, 6.45) is 9.19. The fourth-order valence-electron chi connectivity index (χ4n) is 5.29. The van der Waals surface area contributed by atoms with Crippen LogP contribution < -0.4 is 10.2 Å². The second-order valence-electron chi connectivity index (χ2n) is 9.46. The average molecular weight is 541 g/mol. The summed E-state index contributed by atoms with van der Waals surface area (Å²) in [7, 11) is -3.81. The molecular weight excluding hydrogens is 506 g/mol. The zero-order valence-electron chi connectivity index (χ0n) is 19.3. The summed E-state index contributed by atoms with van der Waals surface area (Å²) in [6, 6.07) is 3.66. The van der Waals surface area contributed by atoms with Crippen molar-refractivity contribution in [2.75, 3.05) is 24.5 Å². The number of halogens is 1. The maximum atomic E-state index is 13.6. The van der Waals surface area contributed by atoms with Crippen molar-refractivity contribution in [1.29, 1.82) is 0 Å². The molecule has 1 aromatic carbocycles. The van der Waals surface area contributed by atoms with Crippen LogP contribution in [0.25, 0.3) is 0 Å². The van der Waals surface area contributed by atoms with E-state index in [2.05, 4.69) is 21.2 Å². The van der Waals surface area contributed by atoms with Crippen molar-refractivity contribution in [2.24, 2.45) is 5.92 Å². The quantitative estimate of drug-likeness (QED) is 0.573. The van der Waals surface area contributed by atoms with Crippen LogP contribution in [0, 0.1) is 5.92 Å². The molecule has 1 aliphatic carbocycles. The molecule has 0 spiro atoms. The summed E-state index contributed by atoms with van der Waals surface area (Å²) in [6.45, 7) is 2.98. The van der Waals surface area contributed by atoms with Gasteiger partial charge in [0.15, 0.2) is 0 Å². The fourth-order valence-corrected chi connectivity index (χ4v) is 7.89. The summed E-state index contributed by atoms with van der Waals surface area (Å²) in [5, 5.41) is 3.20. The molecule has 1 saturated heterocycles. The van der Waals surface area contributed by atoms with Crippen LogP contribution in [0.1, 0.15) is 70.3 Å². The van der Waals surface area contributed by atoms with Gasteiger partial charge in [-0.25, -0.2) is 8.42 Å². The number of sulfonamides is 1. The molecule has 9 heteroatoms. The van der Waals surface area contributed by atoms with Crippen LogP contribution >= 0.6 is 15.9 Å². The number of hydrogen-bond donors (Lipinski definition) is 1. The van der Waals surface area contributed by atoms with Gasteiger partial charge in [0.1, 0.15) is 0 Å². The Bertz CT molecular complexity index is 1010. The van der Waals surface area contributed by atoms with Gasteiger partial charge >= 0.3 is 0 Å². The highest BCUT2D eigenvalue weighted by Crippen LogP contribution is 2.37. The molecule has 33 heavy (non-hydrogen) atoms. The van der Waals surface area contributed by atoms with Crippen LogP contribution in [0.5, 0.6) is 0 Å². The number of carbonyl (C=O) groups excluding carboxylic acids is 2. The topological polar surface area (TPSA) is 86.8 Å². The van der Waals surface area contributed by atoms with E-state index in [0.29, 0.717) is 48.9 Å². The summed E-state index contributed by atoms with van der Waals surface area (Å²) in [5.74, 6) is -0.356. The van der Waals surface area contributed by atoms with Gasteiger partial charge in [0.25, 0.3) is 0 Å². The molecule has 182 valence electrons. The number of nitrogens with zero attached hydrogens (tertiary/aromatic N) is 2. The van der Waals surface area contributed by atoms with E-state index in [1.807, 2.05) is 13.0 Å². The van der Waals surface area contributed by atoms with E-state index in [1.54, 1.807) is 11.0 Å². The zero-order valence-corrected chi connectivity index (χ0v) is 21.7. The predicted molar refractivity (Wildman–Crippen MR) is 132 cm³/mol. The van der Waals surface area contributed by atoms with Crippen molar-refractivity contribution < 1.29 is 18.0 Å². The molecule has 2 aliphatic heterocycles. The first kappa shape index (κ1) is 24.7. The van der Waals surface area contributed by atoms with Crippen molar-refractivity contribution in [3.05, 3.63) is 22.2 Å². The molecule has 0 bridgehead atoms. The number of benzene rings is 1. The normalized spacial score (nSPS) is 22.6. The highest BCUT2D eigenvalue weighted by Gasteiger charge is 2.36. The molecule has 1 atom stereocenters. The van der Waals surface area contributed by atoms with Crippen molar-refractivity contribution >= 4 is 43.5 Å². The molecule has 1 saturated carbocycles. The molecule has 7 nitrogen and oxygen atoms in total. The summed E-state index contributed by atoms with van der Waals surface area (Å²) in [4.78, 5) is 27.2. The third kappa shape index (κ3) is 5.30. The van der Waals surface area contributed by atoms with Gasteiger partial charge in [0, 0.05) is 42.3 Å².